The van der Waals surface area contributed by atoms with Gasteiger partial charge in [0.05, 0.1) is 10.8 Å². The molecule has 132 valence electrons. The van der Waals surface area contributed by atoms with Gasteiger partial charge in [-0.3, -0.25) is 0 Å². The number of fused-ring (bicyclic) bond motifs is 8. The monoisotopic (exact) mass is 360 g/mol. The SMILES string of the molecule is c1ccc2c(c1)C[n+]1ccc3ccccc3c1-c1c3ccccc3cc[n+]1C2. The van der Waals surface area contributed by atoms with E-state index in [1.54, 1.807) is 0 Å². The summed E-state index contributed by atoms with van der Waals surface area (Å²) in [7, 11) is 0. The molecule has 0 fully saturated rings. The second-order valence-corrected chi connectivity index (χ2v) is 7.53. The molecule has 0 saturated heterocycles. The van der Waals surface area contributed by atoms with Gasteiger partial charge in [0.2, 0.25) is 0 Å². The van der Waals surface area contributed by atoms with E-state index in [4.69, 9.17) is 0 Å². The third-order valence-electron chi connectivity index (χ3n) is 5.90. The highest BCUT2D eigenvalue weighted by Crippen LogP contribution is 2.30. The summed E-state index contributed by atoms with van der Waals surface area (Å²) in [6.45, 7) is 1.78. The van der Waals surface area contributed by atoms with E-state index >= 15 is 0 Å². The Morgan fingerprint density at radius 1 is 0.464 bits per heavy atom. The van der Waals surface area contributed by atoms with Gasteiger partial charge in [-0.2, -0.15) is 9.13 Å². The van der Waals surface area contributed by atoms with Gasteiger partial charge in [-0.05, 0) is 22.9 Å². The van der Waals surface area contributed by atoms with Gasteiger partial charge in [-0.25, -0.2) is 0 Å². The van der Waals surface area contributed by atoms with Crippen LogP contribution in [0, 0.1) is 0 Å². The lowest BCUT2D eigenvalue weighted by Gasteiger charge is -2.15. The summed E-state index contributed by atoms with van der Waals surface area (Å²) in [4.78, 5) is 0. The van der Waals surface area contributed by atoms with E-state index in [1.807, 2.05) is 0 Å². The van der Waals surface area contributed by atoms with Crippen LogP contribution in [0.25, 0.3) is 32.9 Å². The zero-order valence-electron chi connectivity index (χ0n) is 15.5. The first kappa shape index (κ1) is 15.5. The van der Waals surface area contributed by atoms with Gasteiger partial charge >= 0.3 is 0 Å². The van der Waals surface area contributed by atoms with Crippen LogP contribution in [-0.2, 0) is 13.1 Å². The van der Waals surface area contributed by atoms with Crippen molar-refractivity contribution in [1.29, 1.82) is 0 Å². The minimum absolute atomic E-state index is 0.888. The predicted octanol–water partition coefficient (Wildman–Crippen LogP) is 4.65. The van der Waals surface area contributed by atoms with Crippen molar-refractivity contribution < 1.29 is 9.13 Å². The summed E-state index contributed by atoms with van der Waals surface area (Å²) in [5, 5.41) is 5.16. The fourth-order valence-corrected chi connectivity index (χ4v) is 4.54. The molecule has 3 aromatic carbocycles. The van der Waals surface area contributed by atoms with Crippen molar-refractivity contribution in [2.45, 2.75) is 13.1 Å². The molecule has 6 rings (SSSR count). The first-order valence-electron chi connectivity index (χ1n) is 9.78. The number of rotatable bonds is 0. The van der Waals surface area contributed by atoms with Crippen molar-refractivity contribution in [2.24, 2.45) is 0 Å². The van der Waals surface area contributed by atoms with Crippen LogP contribution >= 0.6 is 0 Å². The average Bonchev–Trinajstić information content (AvgIpc) is 2.74. The van der Waals surface area contributed by atoms with Crippen LogP contribution in [0.1, 0.15) is 11.1 Å². The second kappa shape index (κ2) is 6.00. The van der Waals surface area contributed by atoms with Crippen molar-refractivity contribution >= 4 is 21.5 Å². The maximum absolute atomic E-state index is 2.42. The smallest absolute Gasteiger partial charge is 0.188 e. The summed E-state index contributed by atoms with van der Waals surface area (Å²) in [5.41, 5.74) is 5.36. The van der Waals surface area contributed by atoms with Crippen molar-refractivity contribution in [3.63, 3.8) is 0 Å². The van der Waals surface area contributed by atoms with E-state index in [-0.39, 0.29) is 0 Å². The maximum atomic E-state index is 2.42. The standard InChI is InChI=1S/C26H20N2/c1-2-10-22-18-28-16-14-20-8-4-6-12-24(20)26(28)25-23-11-5-3-7-19(23)13-15-27(25)17-21(22)9-1/h1-16H,17-18H2/q+2. The molecule has 1 aliphatic heterocycles. The fourth-order valence-electron chi connectivity index (χ4n) is 4.54. The van der Waals surface area contributed by atoms with Gasteiger partial charge in [0, 0.05) is 23.3 Å². The number of nitrogens with zero attached hydrogens (tertiary/aromatic N) is 2. The van der Waals surface area contributed by atoms with Crippen LogP contribution in [0.4, 0.5) is 0 Å². The Morgan fingerprint density at radius 3 is 1.39 bits per heavy atom. The van der Waals surface area contributed by atoms with Gasteiger partial charge in [-0.1, -0.05) is 60.7 Å². The van der Waals surface area contributed by atoms with E-state index < -0.39 is 0 Å². The Bertz CT molecular complexity index is 1260. The average molecular weight is 360 g/mol. The van der Waals surface area contributed by atoms with Crippen molar-refractivity contribution in [1.82, 2.24) is 0 Å². The minimum atomic E-state index is 0.888. The molecule has 0 spiro atoms. The van der Waals surface area contributed by atoms with E-state index in [1.165, 1.54) is 44.1 Å². The van der Waals surface area contributed by atoms with Crippen molar-refractivity contribution in [3.05, 3.63) is 108 Å². The molecule has 0 saturated carbocycles. The number of aromatic nitrogens is 2. The van der Waals surface area contributed by atoms with Gasteiger partial charge in [0.15, 0.2) is 25.5 Å². The molecule has 0 bridgehead atoms. The molecule has 28 heavy (non-hydrogen) atoms. The zero-order valence-corrected chi connectivity index (χ0v) is 15.5. The Morgan fingerprint density at radius 2 is 0.893 bits per heavy atom. The summed E-state index contributed by atoms with van der Waals surface area (Å²) in [5.74, 6) is 0. The topological polar surface area (TPSA) is 7.76 Å². The molecule has 1 aliphatic rings. The molecule has 0 N–H and O–H groups in total. The van der Waals surface area contributed by atoms with E-state index in [9.17, 15) is 0 Å². The van der Waals surface area contributed by atoms with Gasteiger partial charge in [-0.15, -0.1) is 0 Å². The lowest BCUT2D eigenvalue weighted by Crippen LogP contribution is -2.46. The Hall–Kier alpha value is -3.52. The third-order valence-corrected chi connectivity index (χ3v) is 5.90. The molecule has 0 radical (unpaired) electrons. The number of pyridine rings is 2. The van der Waals surface area contributed by atoms with Gasteiger partial charge < -0.3 is 0 Å². The lowest BCUT2D eigenvalue weighted by atomic mass is 9.98. The molecular weight excluding hydrogens is 340 g/mol. The largest absolute Gasteiger partial charge is 0.286 e. The maximum Gasteiger partial charge on any atom is 0.286 e. The molecule has 2 aromatic heterocycles. The number of hydrogen-bond donors (Lipinski definition) is 0. The van der Waals surface area contributed by atoms with Crippen LogP contribution in [-0.4, -0.2) is 0 Å². The molecule has 3 heterocycles. The van der Waals surface area contributed by atoms with Gasteiger partial charge in [0.1, 0.15) is 0 Å². The first-order valence-corrected chi connectivity index (χ1v) is 9.78. The van der Waals surface area contributed by atoms with E-state index in [0.29, 0.717) is 0 Å². The first-order chi connectivity index (χ1) is 13.9. The molecule has 0 amide bonds. The van der Waals surface area contributed by atoms with Crippen LogP contribution < -0.4 is 9.13 Å². The number of hydrogen-bond acceptors (Lipinski definition) is 0. The van der Waals surface area contributed by atoms with Crippen molar-refractivity contribution in [2.75, 3.05) is 0 Å². The quantitative estimate of drug-likeness (QED) is 0.349. The molecule has 0 aliphatic carbocycles. The summed E-state index contributed by atoms with van der Waals surface area (Å²) >= 11 is 0. The summed E-state index contributed by atoms with van der Waals surface area (Å²) in [6.07, 6.45) is 4.48. The van der Waals surface area contributed by atoms with E-state index in [0.717, 1.165) is 13.1 Å². The number of benzene rings is 3. The normalized spacial score (nSPS) is 12.7. The molecule has 2 nitrogen and oxygen atoms in total. The molecule has 0 unspecified atom stereocenters. The predicted molar refractivity (Wildman–Crippen MR) is 112 cm³/mol. The lowest BCUT2D eigenvalue weighted by molar-refractivity contribution is -0.710. The molecule has 5 aromatic rings. The summed E-state index contributed by atoms with van der Waals surface area (Å²) < 4.78 is 4.83. The Balaban J connectivity index is 1.82. The summed E-state index contributed by atoms with van der Waals surface area (Å²) in [6, 6.07) is 30.7. The van der Waals surface area contributed by atoms with Crippen LogP contribution in [0.3, 0.4) is 0 Å². The highest BCUT2D eigenvalue weighted by atomic mass is 15.0. The van der Waals surface area contributed by atoms with Gasteiger partial charge in [0.25, 0.3) is 11.4 Å². The second-order valence-electron chi connectivity index (χ2n) is 7.53. The minimum Gasteiger partial charge on any atom is -0.188 e. The van der Waals surface area contributed by atoms with Crippen LogP contribution in [0.5, 0.6) is 0 Å². The Kier molecular flexibility index (Phi) is 3.33. The fraction of sp³-hybridized carbons (Fsp3) is 0.0769. The third kappa shape index (κ3) is 2.28. The highest BCUT2D eigenvalue weighted by molar-refractivity contribution is 5.99. The van der Waals surface area contributed by atoms with Crippen molar-refractivity contribution in [3.8, 4) is 11.4 Å². The van der Waals surface area contributed by atoms with E-state index in [2.05, 4.69) is 106 Å². The molecular formula is C26H20N2+2. The highest BCUT2D eigenvalue weighted by Gasteiger charge is 2.31. The Labute approximate surface area is 163 Å². The van der Waals surface area contributed by atoms with Crippen LogP contribution in [0.2, 0.25) is 0 Å². The molecule has 0 atom stereocenters. The van der Waals surface area contributed by atoms with Crippen LogP contribution in [0.15, 0.2) is 97.3 Å². The zero-order chi connectivity index (χ0) is 18.5. The molecule has 2 heteroatoms.